The fourth-order valence-corrected chi connectivity index (χ4v) is 2.21. The Morgan fingerprint density at radius 1 is 1.50 bits per heavy atom. The molecule has 0 aromatic heterocycles. The van der Waals surface area contributed by atoms with Crippen molar-refractivity contribution in [3.8, 4) is 0 Å². The van der Waals surface area contributed by atoms with Crippen molar-refractivity contribution in [2.75, 3.05) is 0 Å². The zero-order valence-electron chi connectivity index (χ0n) is 6.20. The van der Waals surface area contributed by atoms with Crippen LogP contribution >= 0.6 is 0 Å². The molecule has 1 saturated heterocycles. The first kappa shape index (κ1) is 8.01. The van der Waals surface area contributed by atoms with Crippen molar-refractivity contribution in [3.05, 3.63) is 0 Å². The van der Waals surface area contributed by atoms with Crippen molar-refractivity contribution in [2.24, 2.45) is 0 Å². The molecule has 1 rings (SSSR count). The van der Waals surface area contributed by atoms with Crippen LogP contribution in [0.25, 0.3) is 0 Å². The molecule has 0 bridgehead atoms. The molecule has 60 valence electrons. The van der Waals surface area contributed by atoms with Gasteiger partial charge in [-0.3, -0.25) is 4.18 Å². The van der Waals surface area contributed by atoms with Gasteiger partial charge in [-0.05, 0) is 13.3 Å². The lowest BCUT2D eigenvalue weighted by Gasteiger charge is -2.32. The molecule has 2 atom stereocenters. The second kappa shape index (κ2) is 2.51. The zero-order valence-corrected chi connectivity index (χ0v) is 7.02. The molecule has 0 unspecified atom stereocenters. The highest BCUT2D eigenvalue weighted by atomic mass is 32.2. The Labute approximate surface area is 61.5 Å². The Morgan fingerprint density at radius 2 is 2.10 bits per heavy atom. The van der Waals surface area contributed by atoms with Crippen LogP contribution in [-0.4, -0.2) is 19.8 Å². The van der Waals surface area contributed by atoms with Gasteiger partial charge < -0.3 is 0 Å². The molecule has 0 N–H and O–H groups in total. The molecule has 0 aromatic rings. The molecule has 1 aliphatic heterocycles. The summed E-state index contributed by atoms with van der Waals surface area (Å²) in [7, 11) is -3.13. The Morgan fingerprint density at radius 3 is 2.40 bits per heavy atom. The van der Waals surface area contributed by atoms with E-state index in [4.69, 9.17) is 0 Å². The second-order valence-corrected chi connectivity index (χ2v) is 4.54. The quantitative estimate of drug-likeness (QED) is 0.569. The van der Waals surface area contributed by atoms with Crippen molar-refractivity contribution < 1.29 is 12.6 Å². The van der Waals surface area contributed by atoms with E-state index in [0.29, 0.717) is 0 Å². The predicted octanol–water partition coefficient (Wildman–Crippen LogP) is 0.904. The number of rotatable bonds is 2. The van der Waals surface area contributed by atoms with Gasteiger partial charge in [0.15, 0.2) is 0 Å². The summed E-state index contributed by atoms with van der Waals surface area (Å²) in [4.78, 5) is 0. The largest absolute Gasteiger partial charge is 0.272 e. The maximum absolute atomic E-state index is 10.7. The van der Waals surface area contributed by atoms with Crippen LogP contribution in [-0.2, 0) is 14.3 Å². The van der Waals surface area contributed by atoms with Crippen LogP contribution in [0.3, 0.4) is 0 Å². The van der Waals surface area contributed by atoms with Gasteiger partial charge in [-0.15, -0.1) is 0 Å². The first-order valence-corrected chi connectivity index (χ1v) is 4.97. The fourth-order valence-electron chi connectivity index (χ4n) is 1.04. The summed E-state index contributed by atoms with van der Waals surface area (Å²) in [5.41, 5.74) is 0. The Hall–Kier alpha value is -0.0900. The van der Waals surface area contributed by atoms with E-state index >= 15 is 0 Å². The third-order valence-corrected chi connectivity index (χ3v) is 3.54. The van der Waals surface area contributed by atoms with Gasteiger partial charge in [-0.25, -0.2) is 0 Å². The Balaban J connectivity index is 2.47. The molecule has 0 amide bonds. The molecular formula is C6H12O3S. The van der Waals surface area contributed by atoms with E-state index in [0.717, 1.165) is 12.8 Å². The van der Waals surface area contributed by atoms with Gasteiger partial charge in [0.1, 0.15) is 5.25 Å². The SMILES string of the molecule is CCC[C@H]1OS(=O)(=O)[C@@H]1C. The summed E-state index contributed by atoms with van der Waals surface area (Å²) in [6, 6.07) is 0. The average molecular weight is 164 g/mol. The third-order valence-electron chi connectivity index (χ3n) is 1.81. The summed E-state index contributed by atoms with van der Waals surface area (Å²) in [5.74, 6) is 0. The first-order chi connectivity index (χ1) is 4.58. The summed E-state index contributed by atoms with van der Waals surface area (Å²) in [6.45, 7) is 3.71. The average Bonchev–Trinajstić information content (AvgIpc) is 1.87. The van der Waals surface area contributed by atoms with Gasteiger partial charge in [0.2, 0.25) is 0 Å². The molecule has 1 heterocycles. The molecule has 0 radical (unpaired) electrons. The lowest BCUT2D eigenvalue weighted by atomic mass is 10.1. The van der Waals surface area contributed by atoms with Gasteiger partial charge in [-0.1, -0.05) is 13.3 Å². The number of hydrogen-bond acceptors (Lipinski definition) is 3. The molecule has 3 nitrogen and oxygen atoms in total. The molecule has 0 aliphatic carbocycles. The van der Waals surface area contributed by atoms with E-state index in [1.807, 2.05) is 6.92 Å². The minimum Gasteiger partial charge on any atom is -0.265 e. The normalized spacial score (nSPS) is 37.0. The maximum Gasteiger partial charge on any atom is 0.272 e. The summed E-state index contributed by atoms with van der Waals surface area (Å²) >= 11 is 0. The minimum atomic E-state index is -3.13. The first-order valence-electron chi connectivity index (χ1n) is 3.50. The van der Waals surface area contributed by atoms with Gasteiger partial charge in [-0.2, -0.15) is 8.42 Å². The molecule has 1 aliphatic rings. The Kier molecular flexibility index (Phi) is 2.01. The topological polar surface area (TPSA) is 43.4 Å². The predicted molar refractivity (Wildman–Crippen MR) is 38.2 cm³/mol. The Bertz CT molecular complexity index is 207. The van der Waals surface area contributed by atoms with Crippen LogP contribution in [0.5, 0.6) is 0 Å². The van der Waals surface area contributed by atoms with E-state index < -0.39 is 10.1 Å². The van der Waals surface area contributed by atoms with Crippen LogP contribution in [0.2, 0.25) is 0 Å². The summed E-state index contributed by atoms with van der Waals surface area (Å²) < 4.78 is 26.0. The maximum atomic E-state index is 10.7. The van der Waals surface area contributed by atoms with Gasteiger partial charge in [0, 0.05) is 0 Å². The van der Waals surface area contributed by atoms with Crippen LogP contribution < -0.4 is 0 Å². The minimum absolute atomic E-state index is 0.0463. The van der Waals surface area contributed by atoms with Gasteiger partial charge in [0.25, 0.3) is 10.1 Å². The standard InChI is InChI=1S/C6H12O3S/c1-3-4-6-5(2)10(7,8)9-6/h5-6H,3-4H2,1-2H3/t5-,6-/m1/s1. The molecule has 0 spiro atoms. The monoisotopic (exact) mass is 164 g/mol. The summed E-state index contributed by atoms with van der Waals surface area (Å²) in [6.07, 6.45) is 1.78. The third kappa shape index (κ3) is 1.18. The smallest absolute Gasteiger partial charge is 0.265 e. The van der Waals surface area contributed by atoms with Crippen molar-refractivity contribution in [2.45, 2.75) is 38.0 Å². The molecule has 4 heteroatoms. The van der Waals surface area contributed by atoms with E-state index in [9.17, 15) is 8.42 Å². The van der Waals surface area contributed by atoms with Crippen molar-refractivity contribution >= 4 is 10.1 Å². The van der Waals surface area contributed by atoms with Crippen LogP contribution in [0, 0.1) is 0 Å². The highest BCUT2D eigenvalue weighted by Crippen LogP contribution is 2.27. The zero-order chi connectivity index (χ0) is 7.78. The molecular weight excluding hydrogens is 152 g/mol. The molecule has 10 heavy (non-hydrogen) atoms. The van der Waals surface area contributed by atoms with Crippen LogP contribution in [0.1, 0.15) is 26.7 Å². The van der Waals surface area contributed by atoms with Crippen LogP contribution in [0.15, 0.2) is 0 Å². The second-order valence-electron chi connectivity index (χ2n) is 2.62. The van der Waals surface area contributed by atoms with Crippen LogP contribution in [0.4, 0.5) is 0 Å². The van der Waals surface area contributed by atoms with E-state index in [1.54, 1.807) is 6.92 Å². The molecule has 0 saturated carbocycles. The highest BCUT2D eigenvalue weighted by molar-refractivity contribution is 7.88. The summed E-state index contributed by atoms with van der Waals surface area (Å²) in [5, 5.41) is -0.285. The molecule has 0 aromatic carbocycles. The van der Waals surface area contributed by atoms with Gasteiger partial charge >= 0.3 is 0 Å². The van der Waals surface area contributed by atoms with Crippen molar-refractivity contribution in [3.63, 3.8) is 0 Å². The van der Waals surface area contributed by atoms with Crippen molar-refractivity contribution in [1.29, 1.82) is 0 Å². The van der Waals surface area contributed by atoms with E-state index in [-0.39, 0.29) is 11.4 Å². The molecule has 1 fully saturated rings. The van der Waals surface area contributed by atoms with E-state index in [2.05, 4.69) is 4.18 Å². The van der Waals surface area contributed by atoms with Gasteiger partial charge in [0.05, 0.1) is 6.10 Å². The van der Waals surface area contributed by atoms with Crippen molar-refractivity contribution in [1.82, 2.24) is 0 Å². The fraction of sp³-hybridized carbons (Fsp3) is 1.00. The highest BCUT2D eigenvalue weighted by Gasteiger charge is 2.43. The van der Waals surface area contributed by atoms with E-state index in [1.165, 1.54) is 0 Å². The number of hydrogen-bond donors (Lipinski definition) is 0. The lowest BCUT2D eigenvalue weighted by Crippen LogP contribution is -2.47. The lowest BCUT2D eigenvalue weighted by molar-refractivity contribution is 0.135.